The van der Waals surface area contributed by atoms with Crippen molar-refractivity contribution < 1.29 is 4.39 Å². The Morgan fingerprint density at radius 3 is 2.71 bits per heavy atom. The lowest BCUT2D eigenvalue weighted by molar-refractivity contribution is 0.200. The summed E-state index contributed by atoms with van der Waals surface area (Å²) in [6.07, 6.45) is 0. The second-order valence-corrected chi connectivity index (χ2v) is 5.68. The van der Waals surface area contributed by atoms with Crippen LogP contribution >= 0.6 is 0 Å². The van der Waals surface area contributed by atoms with Crippen LogP contribution in [0.1, 0.15) is 19.4 Å². The van der Waals surface area contributed by atoms with E-state index >= 15 is 0 Å². The normalized spacial score (nSPS) is 21.1. The average molecular weight is 236 g/mol. The summed E-state index contributed by atoms with van der Waals surface area (Å²) in [6, 6.07) is 6.83. The summed E-state index contributed by atoms with van der Waals surface area (Å²) in [7, 11) is 0. The molecule has 3 heteroatoms. The molecule has 1 fully saturated rings. The lowest BCUT2D eigenvalue weighted by Crippen LogP contribution is -2.34. The predicted molar refractivity (Wildman–Crippen MR) is 68.3 cm³/mol. The van der Waals surface area contributed by atoms with Gasteiger partial charge in [0.15, 0.2) is 0 Å². The molecule has 0 spiro atoms. The first-order valence-corrected chi connectivity index (χ1v) is 6.23. The maximum absolute atomic E-state index is 12.8. The highest BCUT2D eigenvalue weighted by molar-refractivity contribution is 5.16. The standard InChI is InChI=1S/C14H21FN2/c1-14(2)10-16-7-8-17(11-14)9-12-3-5-13(15)6-4-12/h3-6,16H,7-11H2,1-2H3. The number of nitrogens with one attached hydrogen (secondary N) is 1. The first kappa shape index (κ1) is 12.5. The van der Waals surface area contributed by atoms with Crippen molar-refractivity contribution in [1.82, 2.24) is 10.2 Å². The van der Waals surface area contributed by atoms with Crippen molar-refractivity contribution in [1.29, 1.82) is 0 Å². The zero-order chi connectivity index (χ0) is 12.3. The lowest BCUT2D eigenvalue weighted by Gasteiger charge is -2.29. The van der Waals surface area contributed by atoms with E-state index in [1.807, 2.05) is 12.1 Å². The van der Waals surface area contributed by atoms with Gasteiger partial charge >= 0.3 is 0 Å². The fraction of sp³-hybridized carbons (Fsp3) is 0.571. The molecule has 94 valence electrons. The third-order valence-corrected chi connectivity index (χ3v) is 3.18. The lowest BCUT2D eigenvalue weighted by atomic mass is 9.93. The monoisotopic (exact) mass is 236 g/mol. The van der Waals surface area contributed by atoms with Crippen LogP contribution in [0.25, 0.3) is 0 Å². The van der Waals surface area contributed by atoms with Crippen LogP contribution < -0.4 is 5.32 Å². The maximum Gasteiger partial charge on any atom is 0.123 e. The fourth-order valence-electron chi connectivity index (χ4n) is 2.39. The Morgan fingerprint density at radius 1 is 1.29 bits per heavy atom. The predicted octanol–water partition coefficient (Wildman–Crippen LogP) is 2.26. The van der Waals surface area contributed by atoms with E-state index in [1.165, 1.54) is 17.7 Å². The minimum Gasteiger partial charge on any atom is -0.315 e. The largest absolute Gasteiger partial charge is 0.315 e. The Labute approximate surface area is 103 Å². The highest BCUT2D eigenvalue weighted by Crippen LogP contribution is 2.19. The average Bonchev–Trinajstić information content (AvgIpc) is 2.43. The van der Waals surface area contributed by atoms with Gasteiger partial charge in [0, 0.05) is 32.7 Å². The van der Waals surface area contributed by atoms with Gasteiger partial charge in [-0.15, -0.1) is 0 Å². The molecule has 0 saturated carbocycles. The van der Waals surface area contributed by atoms with Gasteiger partial charge in [0.1, 0.15) is 5.82 Å². The zero-order valence-corrected chi connectivity index (χ0v) is 10.7. The Kier molecular flexibility index (Phi) is 3.79. The van der Waals surface area contributed by atoms with Crippen molar-refractivity contribution in [2.75, 3.05) is 26.2 Å². The van der Waals surface area contributed by atoms with Crippen molar-refractivity contribution in [3.63, 3.8) is 0 Å². The quantitative estimate of drug-likeness (QED) is 0.847. The SMILES string of the molecule is CC1(C)CNCCN(Cc2ccc(F)cc2)C1. The third kappa shape index (κ3) is 3.79. The number of hydrogen-bond acceptors (Lipinski definition) is 2. The van der Waals surface area contributed by atoms with E-state index in [0.717, 1.165) is 32.7 Å². The first-order chi connectivity index (χ1) is 8.05. The number of halogens is 1. The summed E-state index contributed by atoms with van der Waals surface area (Å²) in [4.78, 5) is 2.44. The van der Waals surface area contributed by atoms with Gasteiger partial charge < -0.3 is 5.32 Å². The van der Waals surface area contributed by atoms with Gasteiger partial charge in [-0.1, -0.05) is 26.0 Å². The van der Waals surface area contributed by atoms with E-state index in [-0.39, 0.29) is 5.82 Å². The van der Waals surface area contributed by atoms with Gasteiger partial charge in [-0.3, -0.25) is 4.90 Å². The molecular formula is C14H21FN2. The smallest absolute Gasteiger partial charge is 0.123 e. The number of benzene rings is 1. The van der Waals surface area contributed by atoms with Crippen LogP contribution in [0.5, 0.6) is 0 Å². The van der Waals surface area contributed by atoms with Crippen molar-refractivity contribution in [3.05, 3.63) is 35.6 Å². The second-order valence-electron chi connectivity index (χ2n) is 5.68. The molecule has 1 aliphatic heterocycles. The minimum absolute atomic E-state index is 0.161. The van der Waals surface area contributed by atoms with Crippen LogP contribution in [0.3, 0.4) is 0 Å². The Hall–Kier alpha value is -0.930. The van der Waals surface area contributed by atoms with Gasteiger partial charge in [-0.2, -0.15) is 0 Å². The van der Waals surface area contributed by atoms with Gasteiger partial charge in [0.2, 0.25) is 0 Å². The highest BCUT2D eigenvalue weighted by Gasteiger charge is 2.24. The van der Waals surface area contributed by atoms with Crippen molar-refractivity contribution >= 4 is 0 Å². The van der Waals surface area contributed by atoms with Crippen LogP contribution in [-0.2, 0) is 6.54 Å². The molecule has 1 heterocycles. The van der Waals surface area contributed by atoms with E-state index in [1.54, 1.807) is 0 Å². The second kappa shape index (κ2) is 5.15. The molecule has 0 aliphatic carbocycles. The van der Waals surface area contributed by atoms with Crippen LogP contribution in [0.4, 0.5) is 4.39 Å². The zero-order valence-electron chi connectivity index (χ0n) is 10.7. The van der Waals surface area contributed by atoms with E-state index in [4.69, 9.17) is 0 Å². The molecule has 1 saturated heterocycles. The molecule has 1 N–H and O–H groups in total. The van der Waals surface area contributed by atoms with Crippen molar-refractivity contribution in [3.8, 4) is 0 Å². The van der Waals surface area contributed by atoms with Crippen molar-refractivity contribution in [2.45, 2.75) is 20.4 Å². The third-order valence-electron chi connectivity index (χ3n) is 3.18. The minimum atomic E-state index is -0.161. The Balaban J connectivity index is 1.99. The Bertz CT molecular complexity index is 359. The summed E-state index contributed by atoms with van der Waals surface area (Å²) in [6.45, 7) is 9.70. The number of hydrogen-bond donors (Lipinski definition) is 1. The molecule has 2 nitrogen and oxygen atoms in total. The molecule has 1 aliphatic rings. The van der Waals surface area contributed by atoms with Gasteiger partial charge in [-0.25, -0.2) is 4.39 Å². The van der Waals surface area contributed by atoms with E-state index in [2.05, 4.69) is 24.1 Å². The number of nitrogens with zero attached hydrogens (tertiary/aromatic N) is 1. The van der Waals surface area contributed by atoms with Crippen LogP contribution in [0.2, 0.25) is 0 Å². The highest BCUT2D eigenvalue weighted by atomic mass is 19.1. The molecule has 17 heavy (non-hydrogen) atoms. The maximum atomic E-state index is 12.8. The molecule has 1 aromatic carbocycles. The van der Waals surface area contributed by atoms with Crippen LogP contribution in [-0.4, -0.2) is 31.1 Å². The molecule has 0 atom stereocenters. The molecule has 0 unspecified atom stereocenters. The van der Waals surface area contributed by atoms with E-state index in [9.17, 15) is 4.39 Å². The van der Waals surface area contributed by atoms with Gasteiger partial charge in [0.05, 0.1) is 0 Å². The summed E-state index contributed by atoms with van der Waals surface area (Å²) in [5.74, 6) is -0.161. The van der Waals surface area contributed by atoms with Crippen LogP contribution in [0.15, 0.2) is 24.3 Å². The topological polar surface area (TPSA) is 15.3 Å². The molecule has 0 amide bonds. The summed E-state index contributed by atoms with van der Waals surface area (Å²) in [5.41, 5.74) is 1.49. The summed E-state index contributed by atoms with van der Waals surface area (Å²) in [5, 5.41) is 3.46. The van der Waals surface area contributed by atoms with E-state index in [0.29, 0.717) is 5.41 Å². The fourth-order valence-corrected chi connectivity index (χ4v) is 2.39. The van der Waals surface area contributed by atoms with Gasteiger partial charge in [0.25, 0.3) is 0 Å². The molecule has 0 bridgehead atoms. The first-order valence-electron chi connectivity index (χ1n) is 6.23. The number of rotatable bonds is 2. The molecular weight excluding hydrogens is 215 g/mol. The summed E-state index contributed by atoms with van der Waals surface area (Å²) < 4.78 is 12.8. The molecule has 0 radical (unpaired) electrons. The molecule has 0 aromatic heterocycles. The van der Waals surface area contributed by atoms with E-state index < -0.39 is 0 Å². The molecule has 2 rings (SSSR count). The van der Waals surface area contributed by atoms with Crippen molar-refractivity contribution in [2.24, 2.45) is 5.41 Å². The van der Waals surface area contributed by atoms with Gasteiger partial charge in [-0.05, 0) is 23.1 Å². The molecule has 1 aromatic rings. The summed E-state index contributed by atoms with van der Waals surface area (Å²) >= 11 is 0. The Morgan fingerprint density at radius 2 is 2.00 bits per heavy atom. The van der Waals surface area contributed by atoms with Crippen LogP contribution in [0, 0.1) is 11.2 Å².